The van der Waals surface area contributed by atoms with Crippen molar-refractivity contribution in [3.63, 3.8) is 0 Å². The lowest BCUT2D eigenvalue weighted by Crippen LogP contribution is -2.15. The zero-order valence-electron chi connectivity index (χ0n) is 6.63. The molecule has 0 radical (unpaired) electrons. The third-order valence-electron chi connectivity index (χ3n) is 1.25. The average molecular weight is 184 g/mol. The van der Waals surface area contributed by atoms with E-state index >= 15 is 0 Å². The van der Waals surface area contributed by atoms with Crippen molar-refractivity contribution >= 4 is 11.6 Å². The van der Waals surface area contributed by atoms with E-state index in [1.807, 2.05) is 12.1 Å². The summed E-state index contributed by atoms with van der Waals surface area (Å²) in [7, 11) is 0. The van der Waals surface area contributed by atoms with Gasteiger partial charge in [0, 0.05) is 24.3 Å². The summed E-state index contributed by atoms with van der Waals surface area (Å²) in [5.41, 5.74) is 0.899. The van der Waals surface area contributed by atoms with Gasteiger partial charge in [-0.2, -0.15) is 10.2 Å². The summed E-state index contributed by atoms with van der Waals surface area (Å²) in [5, 5.41) is 11.3. The van der Waals surface area contributed by atoms with Gasteiger partial charge in [0.2, 0.25) is 0 Å². The summed E-state index contributed by atoms with van der Waals surface area (Å²) >= 11 is 5.55. The van der Waals surface area contributed by atoms with Crippen LogP contribution in [-0.4, -0.2) is 16.7 Å². The van der Waals surface area contributed by atoms with Gasteiger partial charge < -0.3 is 5.32 Å². The predicted molar refractivity (Wildman–Crippen MR) is 48.7 cm³/mol. The Morgan fingerprint density at radius 3 is 3.08 bits per heavy atom. The molecule has 0 unspecified atom stereocenters. The van der Waals surface area contributed by atoms with Crippen molar-refractivity contribution in [3.8, 4) is 0 Å². The number of nitrogens with zero attached hydrogens (tertiary/aromatic N) is 2. The largest absolute Gasteiger partial charge is 0.306 e. The van der Waals surface area contributed by atoms with E-state index < -0.39 is 0 Å². The Kier molecular flexibility index (Phi) is 3.70. The number of halogens is 1. The van der Waals surface area contributed by atoms with Gasteiger partial charge in [-0.25, -0.2) is 0 Å². The molecule has 0 spiro atoms. The second-order valence-electron chi connectivity index (χ2n) is 2.34. The van der Waals surface area contributed by atoms with E-state index in [0.29, 0.717) is 18.1 Å². The van der Waals surface area contributed by atoms with Gasteiger partial charge >= 0.3 is 0 Å². The van der Waals surface area contributed by atoms with Gasteiger partial charge in [0.25, 0.3) is 0 Å². The topological polar surface area (TPSA) is 37.8 Å². The van der Waals surface area contributed by atoms with Crippen molar-refractivity contribution in [1.82, 2.24) is 15.5 Å². The number of aromatic nitrogens is 2. The number of nitrogens with one attached hydrogen (secondary N) is 1. The SMILES string of the molecule is C=C(Cl)CNCc1cccnn1. The fourth-order valence-corrected chi connectivity index (χ4v) is 0.848. The highest BCUT2D eigenvalue weighted by Crippen LogP contribution is 1.94. The number of hydrogen-bond donors (Lipinski definition) is 1. The van der Waals surface area contributed by atoms with Gasteiger partial charge in [0.1, 0.15) is 0 Å². The second kappa shape index (κ2) is 4.85. The van der Waals surface area contributed by atoms with E-state index in [9.17, 15) is 0 Å². The third kappa shape index (κ3) is 3.46. The summed E-state index contributed by atoms with van der Waals surface area (Å²) in [5.74, 6) is 0. The van der Waals surface area contributed by atoms with Gasteiger partial charge in [-0.05, 0) is 12.1 Å². The van der Waals surface area contributed by atoms with Crippen LogP contribution in [0, 0.1) is 0 Å². The molecule has 0 aliphatic rings. The Morgan fingerprint density at radius 2 is 2.50 bits per heavy atom. The van der Waals surface area contributed by atoms with Gasteiger partial charge in [0.15, 0.2) is 0 Å². The summed E-state index contributed by atoms with van der Waals surface area (Å²) < 4.78 is 0. The van der Waals surface area contributed by atoms with Gasteiger partial charge in [-0.3, -0.25) is 0 Å². The highest BCUT2D eigenvalue weighted by molar-refractivity contribution is 6.29. The molecule has 0 fully saturated rings. The molecule has 64 valence electrons. The number of rotatable bonds is 4. The first-order valence-electron chi connectivity index (χ1n) is 3.59. The first-order valence-corrected chi connectivity index (χ1v) is 3.97. The highest BCUT2D eigenvalue weighted by Gasteiger charge is 1.92. The zero-order valence-corrected chi connectivity index (χ0v) is 7.38. The van der Waals surface area contributed by atoms with Crippen molar-refractivity contribution in [3.05, 3.63) is 35.6 Å². The zero-order chi connectivity index (χ0) is 8.81. The number of hydrogen-bond acceptors (Lipinski definition) is 3. The lowest BCUT2D eigenvalue weighted by molar-refractivity contribution is 0.721. The maximum atomic E-state index is 5.55. The molecule has 0 saturated carbocycles. The van der Waals surface area contributed by atoms with Crippen molar-refractivity contribution < 1.29 is 0 Å². The van der Waals surface area contributed by atoms with Gasteiger partial charge in [-0.15, -0.1) is 0 Å². The average Bonchev–Trinajstić information content (AvgIpc) is 2.05. The standard InChI is InChI=1S/C8H10ClN3/c1-7(9)5-10-6-8-3-2-4-11-12-8/h2-4,10H,1,5-6H2. The minimum absolute atomic E-state index is 0.595. The molecule has 1 aromatic heterocycles. The molecule has 1 aromatic rings. The van der Waals surface area contributed by atoms with Crippen molar-refractivity contribution in [2.45, 2.75) is 6.54 Å². The molecule has 1 heterocycles. The smallest absolute Gasteiger partial charge is 0.0769 e. The molecule has 1 rings (SSSR count). The van der Waals surface area contributed by atoms with Crippen molar-refractivity contribution in [1.29, 1.82) is 0 Å². The third-order valence-corrected chi connectivity index (χ3v) is 1.38. The fourth-order valence-electron chi connectivity index (χ4n) is 0.754. The van der Waals surface area contributed by atoms with Gasteiger partial charge in [-0.1, -0.05) is 18.2 Å². The Balaban J connectivity index is 2.29. The molecule has 0 saturated heterocycles. The van der Waals surface area contributed by atoms with Crippen LogP contribution in [0.4, 0.5) is 0 Å². The first kappa shape index (κ1) is 9.16. The van der Waals surface area contributed by atoms with Crippen LogP contribution in [0.15, 0.2) is 29.9 Å². The van der Waals surface area contributed by atoms with Crippen LogP contribution >= 0.6 is 11.6 Å². The Morgan fingerprint density at radius 1 is 1.67 bits per heavy atom. The van der Waals surface area contributed by atoms with Crippen molar-refractivity contribution in [2.75, 3.05) is 6.54 Å². The lowest BCUT2D eigenvalue weighted by Gasteiger charge is -2.00. The van der Waals surface area contributed by atoms with Crippen LogP contribution in [0.1, 0.15) is 5.69 Å². The molecular weight excluding hydrogens is 174 g/mol. The highest BCUT2D eigenvalue weighted by atomic mass is 35.5. The molecule has 4 heteroatoms. The van der Waals surface area contributed by atoms with Crippen LogP contribution in [-0.2, 0) is 6.54 Å². The molecule has 0 aliphatic heterocycles. The van der Waals surface area contributed by atoms with Gasteiger partial charge in [0.05, 0.1) is 5.69 Å². The normalized spacial score (nSPS) is 9.75. The van der Waals surface area contributed by atoms with Crippen LogP contribution in [0.5, 0.6) is 0 Å². The summed E-state index contributed by atoms with van der Waals surface area (Å²) in [6.07, 6.45) is 1.64. The Bertz CT molecular complexity index is 248. The molecule has 0 atom stereocenters. The minimum atomic E-state index is 0.595. The van der Waals surface area contributed by atoms with Crippen LogP contribution in [0.2, 0.25) is 0 Å². The Hall–Kier alpha value is -0.930. The fraction of sp³-hybridized carbons (Fsp3) is 0.250. The van der Waals surface area contributed by atoms with E-state index in [-0.39, 0.29) is 0 Å². The molecule has 0 aromatic carbocycles. The lowest BCUT2D eigenvalue weighted by atomic mass is 10.4. The molecule has 0 aliphatic carbocycles. The molecule has 1 N–H and O–H groups in total. The van der Waals surface area contributed by atoms with E-state index in [2.05, 4.69) is 22.1 Å². The van der Waals surface area contributed by atoms with Crippen LogP contribution in [0.25, 0.3) is 0 Å². The van der Waals surface area contributed by atoms with E-state index in [1.54, 1.807) is 6.20 Å². The summed E-state index contributed by atoms with van der Waals surface area (Å²) in [6.45, 7) is 4.81. The monoisotopic (exact) mass is 183 g/mol. The first-order chi connectivity index (χ1) is 5.79. The quantitative estimate of drug-likeness (QED) is 0.765. The predicted octanol–water partition coefficient (Wildman–Crippen LogP) is 1.32. The second-order valence-corrected chi connectivity index (χ2v) is 2.87. The molecule has 12 heavy (non-hydrogen) atoms. The maximum Gasteiger partial charge on any atom is 0.0769 e. The van der Waals surface area contributed by atoms with E-state index in [0.717, 1.165) is 5.69 Å². The van der Waals surface area contributed by atoms with Crippen LogP contribution in [0.3, 0.4) is 0 Å². The molecule has 3 nitrogen and oxygen atoms in total. The molecule has 0 amide bonds. The molecular formula is C8H10ClN3. The van der Waals surface area contributed by atoms with Crippen LogP contribution < -0.4 is 5.32 Å². The minimum Gasteiger partial charge on any atom is -0.306 e. The Labute approximate surface area is 76.5 Å². The summed E-state index contributed by atoms with van der Waals surface area (Å²) in [6, 6.07) is 3.75. The van der Waals surface area contributed by atoms with E-state index in [4.69, 9.17) is 11.6 Å². The molecule has 0 bridgehead atoms. The maximum absolute atomic E-state index is 5.55. The van der Waals surface area contributed by atoms with Crippen molar-refractivity contribution in [2.24, 2.45) is 0 Å². The summed E-state index contributed by atoms with van der Waals surface area (Å²) in [4.78, 5) is 0. The van der Waals surface area contributed by atoms with E-state index in [1.165, 1.54) is 0 Å².